The fourth-order valence-electron chi connectivity index (χ4n) is 1.94. The lowest BCUT2D eigenvalue weighted by Gasteiger charge is -2.25. The van der Waals surface area contributed by atoms with E-state index in [1.54, 1.807) is 0 Å². The van der Waals surface area contributed by atoms with Crippen molar-refractivity contribution in [2.75, 3.05) is 19.6 Å². The molecule has 0 radical (unpaired) electrons. The number of carbonyl (C=O) groups excluding carboxylic acids is 1. The minimum Gasteiger partial charge on any atom is -0.338 e. The van der Waals surface area contributed by atoms with Crippen molar-refractivity contribution in [3.05, 3.63) is 0 Å². The van der Waals surface area contributed by atoms with E-state index in [1.807, 2.05) is 13.8 Å². The maximum absolute atomic E-state index is 11.7. The zero-order valence-electron chi connectivity index (χ0n) is 11.4. The highest BCUT2D eigenvalue weighted by atomic mass is 16.2. The number of rotatable bonds is 4. The highest BCUT2D eigenvalue weighted by Crippen LogP contribution is 2.10. The van der Waals surface area contributed by atoms with Crippen LogP contribution in [0.25, 0.3) is 0 Å². The third-order valence-corrected chi connectivity index (χ3v) is 3.54. The van der Waals surface area contributed by atoms with Crippen molar-refractivity contribution in [1.29, 1.82) is 0 Å². The van der Waals surface area contributed by atoms with E-state index in [0.717, 1.165) is 26.1 Å². The molecule has 1 atom stereocenters. The van der Waals surface area contributed by atoms with Gasteiger partial charge in [0.2, 0.25) is 0 Å². The van der Waals surface area contributed by atoms with Crippen molar-refractivity contribution < 1.29 is 4.79 Å². The molecule has 3 N–H and O–H groups in total. The largest absolute Gasteiger partial charge is 0.338 e. The first-order chi connectivity index (χ1) is 8.03. The molecule has 1 fully saturated rings. The summed E-state index contributed by atoms with van der Waals surface area (Å²) in [4.78, 5) is 11.7. The van der Waals surface area contributed by atoms with Gasteiger partial charge in [0.05, 0.1) is 0 Å². The summed E-state index contributed by atoms with van der Waals surface area (Å²) >= 11 is 0. The number of carbonyl (C=O) groups is 1. The van der Waals surface area contributed by atoms with Crippen molar-refractivity contribution >= 4 is 6.03 Å². The summed E-state index contributed by atoms with van der Waals surface area (Å²) in [5.74, 6) is 0.577. The monoisotopic (exact) mass is 241 g/mol. The topological polar surface area (TPSA) is 53.2 Å². The molecule has 4 heteroatoms. The molecule has 1 unspecified atom stereocenters. The van der Waals surface area contributed by atoms with Gasteiger partial charge in [-0.2, -0.15) is 0 Å². The number of nitrogens with one attached hydrogen (secondary N) is 3. The molecule has 0 aliphatic carbocycles. The van der Waals surface area contributed by atoms with Crippen molar-refractivity contribution in [2.45, 2.75) is 52.0 Å². The maximum atomic E-state index is 11.7. The van der Waals surface area contributed by atoms with Gasteiger partial charge in [0, 0.05) is 12.1 Å². The van der Waals surface area contributed by atoms with Gasteiger partial charge in [-0.1, -0.05) is 13.3 Å². The Morgan fingerprint density at radius 2 is 2.18 bits per heavy atom. The van der Waals surface area contributed by atoms with Gasteiger partial charge in [-0.05, 0) is 52.1 Å². The predicted molar refractivity (Wildman–Crippen MR) is 71.1 cm³/mol. The molecular weight excluding hydrogens is 214 g/mol. The van der Waals surface area contributed by atoms with Crippen LogP contribution in [0.5, 0.6) is 0 Å². The van der Waals surface area contributed by atoms with Gasteiger partial charge < -0.3 is 16.0 Å². The molecule has 17 heavy (non-hydrogen) atoms. The summed E-state index contributed by atoms with van der Waals surface area (Å²) < 4.78 is 0. The minimum atomic E-state index is -0.119. The molecule has 1 rings (SSSR count). The second kappa shape index (κ2) is 6.84. The minimum absolute atomic E-state index is 0.0407. The van der Waals surface area contributed by atoms with Crippen molar-refractivity contribution in [1.82, 2.24) is 16.0 Å². The summed E-state index contributed by atoms with van der Waals surface area (Å²) in [6, 6.07) is -0.0407. The van der Waals surface area contributed by atoms with E-state index in [4.69, 9.17) is 0 Å². The Hall–Kier alpha value is -0.770. The third kappa shape index (κ3) is 5.91. The molecule has 0 bridgehead atoms. The average Bonchev–Trinajstić information content (AvgIpc) is 2.54. The molecular formula is C13H27N3O. The fourth-order valence-corrected chi connectivity index (χ4v) is 1.94. The molecule has 0 aromatic rings. The SMILES string of the molecule is CCC(C)(C)NC(=O)NCC1CCCCNC1. The molecule has 0 saturated carbocycles. The summed E-state index contributed by atoms with van der Waals surface area (Å²) in [7, 11) is 0. The Labute approximate surface area is 105 Å². The van der Waals surface area contributed by atoms with E-state index >= 15 is 0 Å². The molecule has 1 aliphatic rings. The smallest absolute Gasteiger partial charge is 0.315 e. The maximum Gasteiger partial charge on any atom is 0.315 e. The molecule has 100 valence electrons. The molecule has 0 aromatic heterocycles. The van der Waals surface area contributed by atoms with E-state index in [0.29, 0.717) is 5.92 Å². The third-order valence-electron chi connectivity index (χ3n) is 3.54. The van der Waals surface area contributed by atoms with Gasteiger partial charge in [0.15, 0.2) is 0 Å². The van der Waals surface area contributed by atoms with Crippen molar-refractivity contribution in [3.8, 4) is 0 Å². The van der Waals surface area contributed by atoms with E-state index in [2.05, 4.69) is 22.9 Å². The van der Waals surface area contributed by atoms with Gasteiger partial charge in [-0.3, -0.25) is 0 Å². The summed E-state index contributed by atoms with van der Waals surface area (Å²) in [5.41, 5.74) is -0.119. The molecule has 1 saturated heterocycles. The zero-order chi connectivity index (χ0) is 12.7. The lowest BCUT2D eigenvalue weighted by atomic mass is 10.0. The molecule has 0 aromatic carbocycles. The van der Waals surface area contributed by atoms with Crippen LogP contribution in [0.1, 0.15) is 46.5 Å². The highest BCUT2D eigenvalue weighted by molar-refractivity contribution is 5.74. The summed E-state index contributed by atoms with van der Waals surface area (Å²) in [6.45, 7) is 9.08. The van der Waals surface area contributed by atoms with E-state index in [-0.39, 0.29) is 11.6 Å². The second-order valence-corrected chi connectivity index (χ2v) is 5.64. The molecule has 2 amide bonds. The predicted octanol–water partition coefficient (Wildman–Crippen LogP) is 1.86. The van der Waals surface area contributed by atoms with Gasteiger partial charge >= 0.3 is 6.03 Å². The first kappa shape index (κ1) is 14.3. The van der Waals surface area contributed by atoms with Crippen LogP contribution in [-0.2, 0) is 0 Å². The van der Waals surface area contributed by atoms with Crippen LogP contribution in [-0.4, -0.2) is 31.2 Å². The van der Waals surface area contributed by atoms with Crippen LogP contribution in [0.4, 0.5) is 4.79 Å². The molecule has 0 spiro atoms. The average molecular weight is 241 g/mol. The number of urea groups is 1. The lowest BCUT2D eigenvalue weighted by molar-refractivity contribution is 0.226. The van der Waals surface area contributed by atoms with Crippen LogP contribution in [0, 0.1) is 5.92 Å². The number of hydrogen-bond acceptors (Lipinski definition) is 2. The molecule has 1 heterocycles. The Balaban J connectivity index is 2.22. The van der Waals surface area contributed by atoms with Gasteiger partial charge in [-0.25, -0.2) is 4.79 Å². The van der Waals surface area contributed by atoms with Gasteiger partial charge in [0.25, 0.3) is 0 Å². The summed E-state index contributed by atoms with van der Waals surface area (Å²) in [5, 5.41) is 9.38. The van der Waals surface area contributed by atoms with Crippen LogP contribution in [0.3, 0.4) is 0 Å². The quantitative estimate of drug-likeness (QED) is 0.704. The fraction of sp³-hybridized carbons (Fsp3) is 0.923. The van der Waals surface area contributed by atoms with Crippen LogP contribution < -0.4 is 16.0 Å². The Kier molecular flexibility index (Phi) is 5.75. The Morgan fingerprint density at radius 3 is 2.88 bits per heavy atom. The number of amides is 2. The van der Waals surface area contributed by atoms with E-state index in [9.17, 15) is 4.79 Å². The second-order valence-electron chi connectivity index (χ2n) is 5.64. The lowest BCUT2D eigenvalue weighted by Crippen LogP contribution is -2.49. The van der Waals surface area contributed by atoms with Crippen LogP contribution >= 0.6 is 0 Å². The summed E-state index contributed by atoms with van der Waals surface area (Å²) in [6.07, 6.45) is 4.67. The zero-order valence-corrected chi connectivity index (χ0v) is 11.4. The van der Waals surface area contributed by atoms with Crippen molar-refractivity contribution in [2.24, 2.45) is 5.92 Å². The highest BCUT2D eigenvalue weighted by Gasteiger charge is 2.18. The molecule has 4 nitrogen and oxygen atoms in total. The van der Waals surface area contributed by atoms with Crippen molar-refractivity contribution in [3.63, 3.8) is 0 Å². The Morgan fingerprint density at radius 1 is 1.41 bits per heavy atom. The first-order valence-electron chi connectivity index (χ1n) is 6.80. The van der Waals surface area contributed by atoms with E-state index in [1.165, 1.54) is 19.3 Å². The normalized spacial score (nSPS) is 21.7. The van der Waals surface area contributed by atoms with E-state index < -0.39 is 0 Å². The number of hydrogen-bond donors (Lipinski definition) is 3. The van der Waals surface area contributed by atoms with Gasteiger partial charge in [0.1, 0.15) is 0 Å². The first-order valence-corrected chi connectivity index (χ1v) is 6.80. The van der Waals surface area contributed by atoms with Gasteiger partial charge in [-0.15, -0.1) is 0 Å². The Bertz CT molecular complexity index is 233. The van der Waals surface area contributed by atoms with Crippen LogP contribution in [0.15, 0.2) is 0 Å². The molecule has 1 aliphatic heterocycles. The standard InChI is InChI=1S/C13H27N3O/c1-4-13(2,3)16-12(17)15-10-11-7-5-6-8-14-9-11/h11,14H,4-10H2,1-3H3,(H2,15,16,17). The van der Waals surface area contributed by atoms with Crippen LogP contribution in [0.2, 0.25) is 0 Å².